The number of nitrogens with one attached hydrogen (secondary N) is 1. The van der Waals surface area contributed by atoms with Gasteiger partial charge in [-0.3, -0.25) is 4.90 Å². The first kappa shape index (κ1) is 13.4. The van der Waals surface area contributed by atoms with Crippen molar-refractivity contribution in [2.24, 2.45) is 5.92 Å². The molecule has 0 fully saturated rings. The van der Waals surface area contributed by atoms with E-state index in [0.29, 0.717) is 6.04 Å². The van der Waals surface area contributed by atoms with E-state index in [1.54, 1.807) is 0 Å². The third-order valence-corrected chi connectivity index (χ3v) is 3.88. The van der Waals surface area contributed by atoms with Gasteiger partial charge in [0, 0.05) is 24.8 Å². The number of fused-ring (bicyclic) bond motifs is 1. The maximum Gasteiger partial charge on any atom is 0.0373 e. The summed E-state index contributed by atoms with van der Waals surface area (Å²) in [5.74, 6) is 0.770. The summed E-state index contributed by atoms with van der Waals surface area (Å²) in [6.07, 6.45) is 2.44. The minimum Gasteiger partial charge on any atom is -0.384 e. The molecule has 1 N–H and O–H groups in total. The summed E-state index contributed by atoms with van der Waals surface area (Å²) in [6, 6.07) is 7.51. The lowest BCUT2D eigenvalue weighted by Gasteiger charge is -2.26. The van der Waals surface area contributed by atoms with Crippen molar-refractivity contribution in [3.63, 3.8) is 0 Å². The highest BCUT2D eigenvalue weighted by molar-refractivity contribution is 5.56. The van der Waals surface area contributed by atoms with Gasteiger partial charge in [-0.1, -0.05) is 26.0 Å². The highest BCUT2D eigenvalue weighted by atomic mass is 15.1. The first-order valence-corrected chi connectivity index (χ1v) is 7.12. The van der Waals surface area contributed by atoms with Gasteiger partial charge < -0.3 is 5.32 Å². The molecule has 0 aliphatic carbocycles. The first-order valence-electron chi connectivity index (χ1n) is 7.12. The molecule has 1 aliphatic heterocycles. The second-order valence-electron chi connectivity index (χ2n) is 6.06. The molecule has 0 bridgehead atoms. The molecule has 1 aromatic carbocycles. The highest BCUT2D eigenvalue weighted by Gasteiger charge is 2.14. The molecule has 0 amide bonds. The van der Waals surface area contributed by atoms with E-state index in [-0.39, 0.29) is 0 Å². The van der Waals surface area contributed by atoms with Crippen molar-refractivity contribution in [1.82, 2.24) is 4.90 Å². The zero-order valence-electron chi connectivity index (χ0n) is 12.2. The van der Waals surface area contributed by atoms with E-state index in [0.717, 1.165) is 19.0 Å². The Labute approximate surface area is 111 Å². The molecule has 0 saturated heterocycles. The molecule has 2 rings (SSSR count). The number of rotatable bonds is 5. The number of anilines is 1. The van der Waals surface area contributed by atoms with Crippen LogP contribution >= 0.6 is 0 Å². The minimum absolute atomic E-state index is 0.649. The maximum absolute atomic E-state index is 3.42. The van der Waals surface area contributed by atoms with Gasteiger partial charge in [0.25, 0.3) is 0 Å². The first-order chi connectivity index (χ1) is 8.56. The Bertz CT molecular complexity index is 398. The van der Waals surface area contributed by atoms with Crippen LogP contribution in [0.15, 0.2) is 18.2 Å². The van der Waals surface area contributed by atoms with Gasteiger partial charge >= 0.3 is 0 Å². The lowest BCUT2D eigenvalue weighted by molar-refractivity contribution is 0.220. The Hall–Kier alpha value is -1.02. The molecule has 1 atom stereocenters. The van der Waals surface area contributed by atoms with Crippen molar-refractivity contribution in [2.45, 2.75) is 46.2 Å². The van der Waals surface area contributed by atoms with E-state index in [4.69, 9.17) is 0 Å². The molecular formula is C16H26N2. The summed E-state index contributed by atoms with van der Waals surface area (Å²) >= 11 is 0. The van der Waals surface area contributed by atoms with Crippen molar-refractivity contribution < 1.29 is 0 Å². The van der Waals surface area contributed by atoms with Crippen LogP contribution in [0, 0.1) is 5.92 Å². The van der Waals surface area contributed by atoms with Gasteiger partial charge in [0.1, 0.15) is 0 Å². The number of hydrogen-bond donors (Lipinski definition) is 1. The van der Waals surface area contributed by atoms with Crippen LogP contribution in [-0.4, -0.2) is 24.5 Å². The predicted molar refractivity (Wildman–Crippen MR) is 79.0 cm³/mol. The number of hydrogen-bond acceptors (Lipinski definition) is 2. The second kappa shape index (κ2) is 5.75. The van der Waals surface area contributed by atoms with Gasteiger partial charge in [0.05, 0.1) is 0 Å². The van der Waals surface area contributed by atoms with Crippen molar-refractivity contribution in [3.05, 3.63) is 29.3 Å². The fraction of sp³-hybridized carbons (Fsp3) is 0.625. The Morgan fingerprint density at radius 3 is 2.78 bits per heavy atom. The SMILES string of the molecule is CC(C)CC(C)N(C)Cc1ccc2c(c1)CCN2. The summed E-state index contributed by atoms with van der Waals surface area (Å²) in [5.41, 5.74) is 4.25. The fourth-order valence-corrected chi connectivity index (χ4v) is 2.76. The van der Waals surface area contributed by atoms with Crippen LogP contribution < -0.4 is 5.32 Å². The molecular weight excluding hydrogens is 220 g/mol. The molecule has 0 saturated carbocycles. The molecule has 100 valence electrons. The molecule has 1 aromatic rings. The van der Waals surface area contributed by atoms with E-state index in [9.17, 15) is 0 Å². The summed E-state index contributed by atoms with van der Waals surface area (Å²) in [4.78, 5) is 2.46. The second-order valence-corrected chi connectivity index (χ2v) is 6.06. The smallest absolute Gasteiger partial charge is 0.0373 e. The van der Waals surface area contributed by atoms with Crippen LogP contribution in [0.1, 0.15) is 38.3 Å². The molecule has 1 aliphatic rings. The van der Waals surface area contributed by atoms with Gasteiger partial charge in [-0.15, -0.1) is 0 Å². The van der Waals surface area contributed by atoms with Crippen molar-refractivity contribution in [2.75, 3.05) is 18.9 Å². The van der Waals surface area contributed by atoms with E-state index in [2.05, 4.69) is 56.2 Å². The van der Waals surface area contributed by atoms with Gasteiger partial charge in [-0.05, 0) is 49.9 Å². The summed E-state index contributed by atoms with van der Waals surface area (Å²) in [5, 5.41) is 3.42. The summed E-state index contributed by atoms with van der Waals surface area (Å²) in [7, 11) is 2.23. The average Bonchev–Trinajstić information content (AvgIpc) is 2.75. The van der Waals surface area contributed by atoms with E-state index in [1.807, 2.05) is 0 Å². The monoisotopic (exact) mass is 246 g/mol. The van der Waals surface area contributed by atoms with Gasteiger partial charge in [-0.25, -0.2) is 0 Å². The topological polar surface area (TPSA) is 15.3 Å². The van der Waals surface area contributed by atoms with Crippen LogP contribution in [0.3, 0.4) is 0 Å². The molecule has 0 spiro atoms. The van der Waals surface area contributed by atoms with E-state index in [1.165, 1.54) is 29.7 Å². The predicted octanol–water partition coefficient (Wildman–Crippen LogP) is 3.52. The molecule has 18 heavy (non-hydrogen) atoms. The number of nitrogens with zero attached hydrogens (tertiary/aromatic N) is 1. The molecule has 0 aromatic heterocycles. The van der Waals surface area contributed by atoms with Gasteiger partial charge in [0.2, 0.25) is 0 Å². The number of benzene rings is 1. The lowest BCUT2D eigenvalue weighted by Crippen LogP contribution is -2.29. The molecule has 1 heterocycles. The van der Waals surface area contributed by atoms with Gasteiger partial charge in [0.15, 0.2) is 0 Å². The van der Waals surface area contributed by atoms with Crippen molar-refractivity contribution >= 4 is 5.69 Å². The third-order valence-electron chi connectivity index (χ3n) is 3.88. The Morgan fingerprint density at radius 2 is 2.06 bits per heavy atom. The lowest BCUT2D eigenvalue weighted by atomic mass is 10.0. The fourth-order valence-electron chi connectivity index (χ4n) is 2.76. The van der Waals surface area contributed by atoms with Crippen LogP contribution in [-0.2, 0) is 13.0 Å². The zero-order chi connectivity index (χ0) is 13.1. The van der Waals surface area contributed by atoms with Crippen LogP contribution in [0.25, 0.3) is 0 Å². The van der Waals surface area contributed by atoms with Crippen LogP contribution in [0.5, 0.6) is 0 Å². The molecule has 0 radical (unpaired) electrons. The highest BCUT2D eigenvalue weighted by Crippen LogP contribution is 2.24. The Kier molecular flexibility index (Phi) is 4.28. The normalized spacial score (nSPS) is 15.9. The van der Waals surface area contributed by atoms with Crippen LogP contribution in [0.2, 0.25) is 0 Å². The average molecular weight is 246 g/mol. The maximum atomic E-state index is 3.42. The Balaban J connectivity index is 1.96. The van der Waals surface area contributed by atoms with E-state index >= 15 is 0 Å². The standard InChI is InChI=1S/C16H26N2/c1-12(2)9-13(3)18(4)11-14-5-6-16-15(10-14)7-8-17-16/h5-6,10,12-13,17H,7-9,11H2,1-4H3. The van der Waals surface area contributed by atoms with Crippen LogP contribution in [0.4, 0.5) is 5.69 Å². The zero-order valence-corrected chi connectivity index (χ0v) is 12.2. The molecule has 2 heteroatoms. The summed E-state index contributed by atoms with van der Waals surface area (Å²) in [6.45, 7) is 9.07. The Morgan fingerprint density at radius 1 is 1.28 bits per heavy atom. The molecule has 2 nitrogen and oxygen atoms in total. The quantitative estimate of drug-likeness (QED) is 0.855. The van der Waals surface area contributed by atoms with Crippen molar-refractivity contribution in [3.8, 4) is 0 Å². The van der Waals surface area contributed by atoms with Crippen molar-refractivity contribution in [1.29, 1.82) is 0 Å². The van der Waals surface area contributed by atoms with Gasteiger partial charge in [-0.2, -0.15) is 0 Å². The summed E-state index contributed by atoms with van der Waals surface area (Å²) < 4.78 is 0. The van der Waals surface area contributed by atoms with E-state index < -0.39 is 0 Å². The molecule has 1 unspecified atom stereocenters. The third kappa shape index (κ3) is 3.26. The largest absolute Gasteiger partial charge is 0.384 e. The minimum atomic E-state index is 0.649.